The number of rotatable bonds is 2. The van der Waals surface area contributed by atoms with E-state index in [9.17, 15) is 4.39 Å². The second-order valence-corrected chi connectivity index (χ2v) is 4.34. The highest BCUT2D eigenvalue weighted by Crippen LogP contribution is 2.30. The third-order valence-electron chi connectivity index (χ3n) is 2.48. The molecular formula is C11H11BrFN. The molecule has 0 radical (unpaired) electrons. The van der Waals surface area contributed by atoms with Gasteiger partial charge in [-0.3, -0.25) is 0 Å². The zero-order chi connectivity index (χ0) is 10.8. The molecule has 0 saturated heterocycles. The lowest BCUT2D eigenvalue weighted by Gasteiger charge is -2.20. The van der Waals surface area contributed by atoms with Crippen molar-refractivity contribution in [2.24, 2.45) is 0 Å². The van der Waals surface area contributed by atoms with Gasteiger partial charge in [0.2, 0.25) is 0 Å². The predicted octanol–water partition coefficient (Wildman–Crippen LogP) is 3.78. The maximum Gasteiger partial charge on any atom is 0.128 e. The second-order valence-electron chi connectivity index (χ2n) is 3.42. The normalized spacial score (nSPS) is 14.5. The van der Waals surface area contributed by atoms with Crippen LogP contribution in [-0.4, -0.2) is 0 Å². The van der Waals surface area contributed by atoms with E-state index in [1.165, 1.54) is 6.07 Å². The first-order valence-corrected chi connectivity index (χ1v) is 5.19. The van der Waals surface area contributed by atoms with Gasteiger partial charge < -0.3 is 0 Å². The van der Waals surface area contributed by atoms with E-state index in [0.29, 0.717) is 12.0 Å². The van der Waals surface area contributed by atoms with Crippen LogP contribution < -0.4 is 0 Å². The van der Waals surface area contributed by atoms with Crippen molar-refractivity contribution in [3.8, 4) is 6.07 Å². The van der Waals surface area contributed by atoms with E-state index in [4.69, 9.17) is 5.26 Å². The van der Waals surface area contributed by atoms with Gasteiger partial charge in [-0.2, -0.15) is 5.26 Å². The van der Waals surface area contributed by atoms with E-state index in [-0.39, 0.29) is 5.82 Å². The largest absolute Gasteiger partial charge is 0.207 e. The van der Waals surface area contributed by atoms with E-state index in [0.717, 1.165) is 4.47 Å². The number of nitriles is 1. The average molecular weight is 256 g/mol. The van der Waals surface area contributed by atoms with Gasteiger partial charge in [-0.05, 0) is 31.5 Å². The smallest absolute Gasteiger partial charge is 0.128 e. The fourth-order valence-corrected chi connectivity index (χ4v) is 1.61. The van der Waals surface area contributed by atoms with Crippen LogP contribution in [0.15, 0.2) is 22.7 Å². The van der Waals surface area contributed by atoms with Crippen LogP contribution in [0.1, 0.15) is 25.8 Å². The van der Waals surface area contributed by atoms with Crippen LogP contribution in [0.3, 0.4) is 0 Å². The molecule has 0 spiro atoms. The first-order valence-electron chi connectivity index (χ1n) is 4.40. The van der Waals surface area contributed by atoms with Crippen molar-refractivity contribution in [3.63, 3.8) is 0 Å². The average Bonchev–Trinajstić information content (AvgIpc) is 2.20. The zero-order valence-electron chi connectivity index (χ0n) is 8.14. The molecule has 0 amide bonds. The highest BCUT2D eigenvalue weighted by Gasteiger charge is 2.27. The molecule has 1 nitrogen and oxygen atoms in total. The topological polar surface area (TPSA) is 23.8 Å². The Kier molecular flexibility index (Phi) is 3.28. The summed E-state index contributed by atoms with van der Waals surface area (Å²) in [4.78, 5) is 0. The summed E-state index contributed by atoms with van der Waals surface area (Å²) in [5.41, 5.74) is -0.287. The van der Waals surface area contributed by atoms with Crippen molar-refractivity contribution in [3.05, 3.63) is 34.1 Å². The molecule has 0 aromatic heterocycles. The van der Waals surface area contributed by atoms with Crippen LogP contribution in [0.25, 0.3) is 0 Å². The molecule has 0 bridgehead atoms. The molecule has 0 heterocycles. The Labute approximate surface area is 91.7 Å². The van der Waals surface area contributed by atoms with Crippen LogP contribution in [-0.2, 0) is 5.41 Å². The van der Waals surface area contributed by atoms with Crippen molar-refractivity contribution in [1.82, 2.24) is 0 Å². The van der Waals surface area contributed by atoms with Crippen LogP contribution in [0.2, 0.25) is 0 Å². The number of hydrogen-bond acceptors (Lipinski definition) is 1. The minimum atomic E-state index is -0.742. The first-order chi connectivity index (χ1) is 6.53. The van der Waals surface area contributed by atoms with Crippen molar-refractivity contribution >= 4 is 15.9 Å². The van der Waals surface area contributed by atoms with Gasteiger partial charge in [0.05, 0.1) is 11.5 Å². The van der Waals surface area contributed by atoms with Gasteiger partial charge in [-0.1, -0.05) is 22.9 Å². The lowest BCUT2D eigenvalue weighted by Crippen LogP contribution is -2.19. The number of nitrogens with zero attached hydrogens (tertiary/aromatic N) is 1. The zero-order valence-corrected chi connectivity index (χ0v) is 9.73. The Bertz CT molecular complexity index is 383. The molecule has 1 rings (SSSR count). The molecule has 1 unspecified atom stereocenters. The lowest BCUT2D eigenvalue weighted by atomic mass is 9.81. The summed E-state index contributed by atoms with van der Waals surface area (Å²) >= 11 is 3.27. The van der Waals surface area contributed by atoms with Crippen molar-refractivity contribution in [2.45, 2.75) is 25.7 Å². The third kappa shape index (κ3) is 1.96. The van der Waals surface area contributed by atoms with E-state index in [1.807, 2.05) is 6.92 Å². The summed E-state index contributed by atoms with van der Waals surface area (Å²) < 4.78 is 14.3. The summed E-state index contributed by atoms with van der Waals surface area (Å²) in [6, 6.07) is 6.83. The highest BCUT2D eigenvalue weighted by atomic mass is 79.9. The summed E-state index contributed by atoms with van der Waals surface area (Å²) in [5.74, 6) is -0.320. The quantitative estimate of drug-likeness (QED) is 0.789. The monoisotopic (exact) mass is 255 g/mol. The SMILES string of the molecule is CCC(C)(C#N)c1cc(Br)ccc1F. The molecular weight excluding hydrogens is 245 g/mol. The van der Waals surface area contributed by atoms with E-state index in [2.05, 4.69) is 22.0 Å². The van der Waals surface area contributed by atoms with Crippen LogP contribution in [0.5, 0.6) is 0 Å². The standard InChI is InChI=1S/C11H11BrFN/c1-3-11(2,7-14)9-6-8(12)4-5-10(9)13/h4-6H,3H2,1-2H3. The maximum atomic E-state index is 13.5. The third-order valence-corrected chi connectivity index (χ3v) is 2.97. The van der Waals surface area contributed by atoms with Gasteiger partial charge >= 0.3 is 0 Å². The van der Waals surface area contributed by atoms with E-state index < -0.39 is 5.41 Å². The Morgan fingerprint density at radius 1 is 1.57 bits per heavy atom. The van der Waals surface area contributed by atoms with Crippen LogP contribution >= 0.6 is 15.9 Å². The molecule has 1 aromatic rings. The van der Waals surface area contributed by atoms with E-state index in [1.54, 1.807) is 19.1 Å². The van der Waals surface area contributed by atoms with Crippen molar-refractivity contribution < 1.29 is 4.39 Å². The lowest BCUT2D eigenvalue weighted by molar-refractivity contribution is 0.524. The molecule has 0 saturated carbocycles. The van der Waals surface area contributed by atoms with E-state index >= 15 is 0 Å². The predicted molar refractivity (Wildman–Crippen MR) is 57.4 cm³/mol. The number of benzene rings is 1. The van der Waals surface area contributed by atoms with Gasteiger partial charge in [0.15, 0.2) is 0 Å². The second kappa shape index (κ2) is 4.10. The molecule has 1 atom stereocenters. The molecule has 1 aromatic carbocycles. The summed E-state index contributed by atoms with van der Waals surface area (Å²) in [7, 11) is 0. The molecule has 0 N–H and O–H groups in total. The van der Waals surface area contributed by atoms with Crippen LogP contribution in [0.4, 0.5) is 4.39 Å². The Morgan fingerprint density at radius 2 is 2.21 bits per heavy atom. The Morgan fingerprint density at radius 3 is 2.71 bits per heavy atom. The Balaban J connectivity index is 3.31. The minimum absolute atomic E-state index is 0.320. The van der Waals surface area contributed by atoms with Crippen molar-refractivity contribution in [2.75, 3.05) is 0 Å². The van der Waals surface area contributed by atoms with Crippen LogP contribution in [0, 0.1) is 17.1 Å². The number of hydrogen-bond donors (Lipinski definition) is 0. The Hall–Kier alpha value is -0.880. The summed E-state index contributed by atoms with van der Waals surface area (Å²) in [6.45, 7) is 3.63. The molecule has 0 aliphatic carbocycles. The maximum absolute atomic E-state index is 13.5. The fraction of sp³-hybridized carbons (Fsp3) is 0.364. The summed E-state index contributed by atoms with van der Waals surface area (Å²) in [5, 5.41) is 9.02. The molecule has 0 fully saturated rings. The van der Waals surface area contributed by atoms with Gasteiger partial charge in [-0.25, -0.2) is 4.39 Å². The molecule has 14 heavy (non-hydrogen) atoms. The van der Waals surface area contributed by atoms with Gasteiger partial charge in [0, 0.05) is 10.0 Å². The van der Waals surface area contributed by atoms with Gasteiger partial charge in [0.25, 0.3) is 0 Å². The summed E-state index contributed by atoms with van der Waals surface area (Å²) in [6.07, 6.45) is 0.594. The van der Waals surface area contributed by atoms with Gasteiger partial charge in [-0.15, -0.1) is 0 Å². The molecule has 0 aliphatic rings. The highest BCUT2D eigenvalue weighted by molar-refractivity contribution is 9.10. The molecule has 74 valence electrons. The first kappa shape index (κ1) is 11.2. The number of halogens is 2. The molecule has 3 heteroatoms. The van der Waals surface area contributed by atoms with Gasteiger partial charge in [0.1, 0.15) is 5.82 Å². The fourth-order valence-electron chi connectivity index (χ4n) is 1.25. The minimum Gasteiger partial charge on any atom is -0.207 e. The van der Waals surface area contributed by atoms with Crippen molar-refractivity contribution in [1.29, 1.82) is 5.26 Å². The molecule has 0 aliphatic heterocycles.